The normalized spacial score (nSPS) is 9.55. The highest BCUT2D eigenvalue weighted by molar-refractivity contribution is 7.80. The zero-order valence-electron chi connectivity index (χ0n) is 5.28. The molecule has 0 atom stereocenters. The lowest BCUT2D eigenvalue weighted by atomic mass is 10.3. The number of benzene rings is 1. The summed E-state index contributed by atoms with van der Waals surface area (Å²) in [6, 6.07) is 4.35. The van der Waals surface area contributed by atoms with Gasteiger partial charge >= 0.3 is 0 Å². The Morgan fingerprint density at radius 2 is 2.18 bits per heavy atom. The maximum Gasteiger partial charge on any atom is 0.288 e. The largest absolute Gasteiger partial charge is 0.288 e. The number of nitrogens with zero attached hydrogens (tertiary/aromatic N) is 1. The zero-order chi connectivity index (χ0) is 8.43. The van der Waals surface area contributed by atoms with Gasteiger partial charge in [-0.3, -0.25) is 10.1 Å². The molecule has 1 rings (SSSR count). The van der Waals surface area contributed by atoms with Gasteiger partial charge in [0.2, 0.25) is 0 Å². The summed E-state index contributed by atoms with van der Waals surface area (Å²) in [5, 5.41) is 10.5. The van der Waals surface area contributed by atoms with Gasteiger partial charge in [0.15, 0.2) is 0 Å². The third-order valence-corrected chi connectivity index (χ3v) is 2.00. The summed E-state index contributed by atoms with van der Waals surface area (Å²) >= 11 is 10.2. The van der Waals surface area contributed by atoms with E-state index >= 15 is 0 Å². The minimum atomic E-state index is -0.547. The van der Waals surface area contributed by atoms with Gasteiger partial charge in [-0.1, -0.05) is 30.3 Å². The van der Waals surface area contributed by atoms with E-state index in [0.29, 0.717) is 0 Å². The van der Waals surface area contributed by atoms with E-state index in [0.717, 1.165) is 0 Å². The molecule has 1 radical (unpaired) electrons. The van der Waals surface area contributed by atoms with Crippen molar-refractivity contribution in [3.63, 3.8) is 0 Å². The molecular weight excluding hydrogens is 186 g/mol. The Hall–Kier alpha value is -0.870. The molecular formula is C6H3ClNO2S. The van der Waals surface area contributed by atoms with Gasteiger partial charge < -0.3 is 0 Å². The van der Waals surface area contributed by atoms with E-state index in [4.69, 9.17) is 24.2 Å². The van der Waals surface area contributed by atoms with Crippen molar-refractivity contribution in [2.45, 2.75) is 4.90 Å². The van der Waals surface area contributed by atoms with Gasteiger partial charge in [-0.2, -0.15) is 0 Å². The summed E-state index contributed by atoms with van der Waals surface area (Å²) in [5.41, 5.74) is -0.118. The minimum absolute atomic E-state index is 0.0965. The SMILES string of the molecule is O=[N+]([O-])c1cccc(Cl)c1[S]. The lowest BCUT2D eigenvalue weighted by Crippen LogP contribution is -1.88. The first-order valence-electron chi connectivity index (χ1n) is 2.73. The monoisotopic (exact) mass is 188 g/mol. The summed E-state index contributed by atoms with van der Waals surface area (Å²) in [5.74, 6) is 0. The van der Waals surface area contributed by atoms with Crippen LogP contribution < -0.4 is 0 Å². The maximum atomic E-state index is 10.3. The molecule has 1 aromatic carbocycles. The molecule has 0 aromatic heterocycles. The van der Waals surface area contributed by atoms with Gasteiger partial charge in [0.1, 0.15) is 4.90 Å². The molecule has 0 saturated carbocycles. The number of hydrogen-bond acceptors (Lipinski definition) is 2. The molecule has 0 bridgehead atoms. The summed E-state index contributed by atoms with van der Waals surface area (Å²) in [7, 11) is 0. The van der Waals surface area contributed by atoms with E-state index in [2.05, 4.69) is 0 Å². The van der Waals surface area contributed by atoms with Crippen molar-refractivity contribution in [3.05, 3.63) is 33.3 Å². The number of hydrogen-bond donors (Lipinski definition) is 0. The van der Waals surface area contributed by atoms with Gasteiger partial charge in [0.25, 0.3) is 5.69 Å². The van der Waals surface area contributed by atoms with Crippen molar-refractivity contribution in [1.29, 1.82) is 0 Å². The lowest BCUT2D eigenvalue weighted by molar-refractivity contribution is -0.387. The Labute approximate surface area is 73.5 Å². The van der Waals surface area contributed by atoms with Crippen LogP contribution in [0.4, 0.5) is 5.69 Å². The van der Waals surface area contributed by atoms with Crippen LogP contribution in [-0.4, -0.2) is 4.92 Å². The van der Waals surface area contributed by atoms with Crippen LogP contribution in [0, 0.1) is 10.1 Å². The molecule has 0 aliphatic heterocycles. The van der Waals surface area contributed by atoms with Crippen LogP contribution in [0.15, 0.2) is 23.1 Å². The molecule has 0 fully saturated rings. The van der Waals surface area contributed by atoms with Crippen molar-refractivity contribution in [2.24, 2.45) is 0 Å². The minimum Gasteiger partial charge on any atom is -0.258 e. The average molecular weight is 189 g/mol. The van der Waals surface area contributed by atoms with Crippen molar-refractivity contribution in [2.75, 3.05) is 0 Å². The second-order valence-corrected chi connectivity index (χ2v) is 2.66. The van der Waals surface area contributed by atoms with E-state index < -0.39 is 4.92 Å². The van der Waals surface area contributed by atoms with Gasteiger partial charge in [0.05, 0.1) is 9.95 Å². The smallest absolute Gasteiger partial charge is 0.258 e. The number of halogens is 1. The molecule has 0 N–H and O–H groups in total. The van der Waals surface area contributed by atoms with E-state index in [1.54, 1.807) is 0 Å². The first-order valence-corrected chi connectivity index (χ1v) is 3.51. The quantitative estimate of drug-likeness (QED) is 0.503. The fourth-order valence-corrected chi connectivity index (χ4v) is 1.02. The topological polar surface area (TPSA) is 43.1 Å². The van der Waals surface area contributed by atoms with Crippen LogP contribution in [0.1, 0.15) is 0 Å². The fourth-order valence-electron chi connectivity index (χ4n) is 0.641. The number of nitro groups is 1. The number of rotatable bonds is 1. The van der Waals surface area contributed by atoms with Crippen molar-refractivity contribution in [1.82, 2.24) is 0 Å². The third-order valence-electron chi connectivity index (χ3n) is 1.14. The first kappa shape index (κ1) is 8.23. The van der Waals surface area contributed by atoms with Crippen molar-refractivity contribution < 1.29 is 4.92 Å². The van der Waals surface area contributed by atoms with Crippen LogP contribution in [0.25, 0.3) is 0 Å². The number of nitro benzene ring substituents is 1. The zero-order valence-corrected chi connectivity index (χ0v) is 6.85. The Bertz CT molecular complexity index is 303. The van der Waals surface area contributed by atoms with E-state index in [-0.39, 0.29) is 15.6 Å². The predicted octanol–water partition coefficient (Wildman–Crippen LogP) is 2.80. The molecule has 57 valence electrons. The molecule has 11 heavy (non-hydrogen) atoms. The summed E-state index contributed by atoms with van der Waals surface area (Å²) < 4.78 is 0. The van der Waals surface area contributed by atoms with E-state index in [9.17, 15) is 10.1 Å². The second-order valence-electron chi connectivity index (χ2n) is 1.85. The van der Waals surface area contributed by atoms with E-state index in [1.807, 2.05) is 0 Å². The highest BCUT2D eigenvalue weighted by Crippen LogP contribution is 2.28. The molecule has 0 amide bonds. The van der Waals surface area contributed by atoms with Crippen LogP contribution >= 0.6 is 24.2 Å². The molecule has 3 nitrogen and oxygen atoms in total. The highest BCUT2D eigenvalue weighted by atomic mass is 35.5. The molecule has 0 aliphatic carbocycles. The average Bonchev–Trinajstić information content (AvgIpc) is 1.94. The molecule has 0 heterocycles. The van der Waals surface area contributed by atoms with Crippen molar-refractivity contribution >= 4 is 29.9 Å². The van der Waals surface area contributed by atoms with Crippen LogP contribution in [0.2, 0.25) is 5.02 Å². The Kier molecular flexibility index (Phi) is 2.26. The molecule has 0 saturated heterocycles. The predicted molar refractivity (Wildman–Crippen MR) is 44.0 cm³/mol. The van der Waals surface area contributed by atoms with Gasteiger partial charge in [-0.15, -0.1) is 0 Å². The maximum absolute atomic E-state index is 10.3. The van der Waals surface area contributed by atoms with E-state index in [1.165, 1.54) is 18.2 Å². The Morgan fingerprint density at radius 1 is 1.55 bits per heavy atom. The molecule has 0 aliphatic rings. The lowest BCUT2D eigenvalue weighted by Gasteiger charge is -1.94. The van der Waals surface area contributed by atoms with Gasteiger partial charge in [-0.05, 0) is 6.07 Å². The summed E-state index contributed by atoms with van der Waals surface area (Å²) in [4.78, 5) is 9.80. The molecule has 1 aromatic rings. The van der Waals surface area contributed by atoms with Crippen molar-refractivity contribution in [3.8, 4) is 0 Å². The summed E-state index contributed by atoms with van der Waals surface area (Å²) in [6.07, 6.45) is 0. The van der Waals surface area contributed by atoms with Gasteiger partial charge in [0, 0.05) is 6.07 Å². The third kappa shape index (κ3) is 1.58. The molecule has 0 spiro atoms. The van der Waals surface area contributed by atoms with Crippen LogP contribution in [0.5, 0.6) is 0 Å². The van der Waals surface area contributed by atoms with Crippen LogP contribution in [-0.2, 0) is 0 Å². The second kappa shape index (κ2) is 3.02. The standard InChI is InChI=1S/C6H3ClNO2S/c7-4-2-1-3-5(6(4)11)8(9)10/h1-3H. The fraction of sp³-hybridized carbons (Fsp3) is 0. The summed E-state index contributed by atoms with van der Waals surface area (Å²) in [6.45, 7) is 0. The first-order chi connectivity index (χ1) is 5.13. The van der Waals surface area contributed by atoms with Gasteiger partial charge in [-0.25, -0.2) is 0 Å². The Morgan fingerprint density at radius 3 is 2.64 bits per heavy atom. The highest BCUT2D eigenvalue weighted by Gasteiger charge is 2.13. The molecule has 5 heteroatoms. The Balaban J connectivity index is 3.27. The van der Waals surface area contributed by atoms with Crippen LogP contribution in [0.3, 0.4) is 0 Å². The molecule has 0 unspecified atom stereocenters.